The van der Waals surface area contributed by atoms with Crippen molar-refractivity contribution in [3.63, 3.8) is 0 Å². The number of hydrogen-bond acceptors (Lipinski definition) is 24. The number of aliphatic hydroxyl groups is 1. The van der Waals surface area contributed by atoms with E-state index in [1.54, 1.807) is 127 Å². The molecule has 760 valence electrons. The molecule has 5 fully saturated rings. The molecular formula is C105H144F2O23S6Y2-2. The Kier molecular flexibility index (Phi) is 51.5. The first kappa shape index (κ1) is 127. The van der Waals surface area contributed by atoms with Crippen LogP contribution in [0.4, 0.5) is 8.78 Å². The smallest absolute Gasteiger partial charge is 0.269 e. The first-order valence-corrected chi connectivity index (χ1v) is 55.6. The molecule has 1 N–H and O–H groups in total. The minimum absolute atomic E-state index is 0. The van der Waals surface area contributed by atoms with Crippen molar-refractivity contribution in [1.82, 2.24) is 0 Å². The van der Waals surface area contributed by atoms with Gasteiger partial charge in [-0.2, -0.15) is 0 Å². The summed E-state index contributed by atoms with van der Waals surface area (Å²) in [5, 5.41) is 9.19. The van der Waals surface area contributed by atoms with Gasteiger partial charge in [-0.1, -0.05) is 179 Å². The van der Waals surface area contributed by atoms with Gasteiger partial charge in [0.05, 0.1) is 38.2 Å². The van der Waals surface area contributed by atoms with E-state index in [0.717, 1.165) is 80.6 Å². The van der Waals surface area contributed by atoms with Crippen molar-refractivity contribution in [3.8, 4) is 34.5 Å². The fourth-order valence-electron chi connectivity index (χ4n) is 17.0. The molecule has 7 aromatic rings. The number of alkyl halides is 2. The van der Waals surface area contributed by atoms with Crippen LogP contribution in [0.3, 0.4) is 0 Å². The standard InChI is InChI=1S/C21H26O6S.C20H26F2O3S.C20H24O6S.C20H28O3S.C16H22O3S2.2C3H5O.2CH4.2Y/c1-14(2)21(22)16-10-18(26-15(3)13-25-4)12-19(11-16)27-17-6-8-20(9-7-17)28(5,23)24;1-13(2)18(23)19(15-9-11-16(12-10-15)26(3,24)25)17(20(19,21)22)14-7-5-4-6-8-14;1-13(2)20(22)15-9-17(25-14(3)12-21)11-18(10-15)26-16-5-7-19(8-6-16)27(4,23)24;1-14(2)19(21)20(13-18(20)15-7-5-4-6-8-15)16-9-11-17(12-10-16)24(3,22)23;1-11(2)16(17)13(10-12-6-4-5-7-12)14-8-9-15(20-14)21(3,18)19;2*1-3(2)4;;;;/h6-12,14-15H,13H2,1-5H3;9-14,17H,4-8H2,1-3H3;5-11,13-14,21H,12H2,1-4H3;9-12,14-15,18H,4-8,13H2,1-3H3;8-12H,4-7H2,1-3H3;2*1H2,2H3;2*1H4;;/q;;;;;2*-1;;;;/b;;;;13-10+;;;;;;/t15-;17-,19+;14-;18-,20-;;;;;;;/m0000......./s1. The van der Waals surface area contributed by atoms with Crippen molar-refractivity contribution >= 4 is 107 Å². The molecule has 0 unspecified atom stereocenters. The summed E-state index contributed by atoms with van der Waals surface area (Å²) in [6.45, 7) is 30.9. The summed E-state index contributed by atoms with van der Waals surface area (Å²) in [6, 6.07) is 37.9. The maximum Gasteiger partial charge on any atom is 0.269 e. The van der Waals surface area contributed by atoms with Gasteiger partial charge in [0.2, 0.25) is 0 Å². The van der Waals surface area contributed by atoms with Crippen LogP contribution >= 0.6 is 11.3 Å². The van der Waals surface area contributed by atoms with Gasteiger partial charge in [-0.3, -0.25) is 24.0 Å². The Morgan fingerprint density at radius 3 is 1.12 bits per heavy atom. The summed E-state index contributed by atoms with van der Waals surface area (Å²) in [5.41, 5.74) is 0.728. The fourth-order valence-corrected chi connectivity index (χ4v) is 21.5. The third-order valence-electron chi connectivity index (χ3n) is 23.6. The third kappa shape index (κ3) is 36.8. The Morgan fingerprint density at radius 2 is 0.790 bits per heavy atom. The number of thiophene rings is 1. The number of ether oxygens (including phenoxy) is 5. The van der Waals surface area contributed by atoms with Gasteiger partial charge in [0.1, 0.15) is 62.1 Å². The van der Waals surface area contributed by atoms with E-state index in [4.69, 9.17) is 23.7 Å². The molecule has 5 aliphatic carbocycles. The number of Topliss-reactive ketones (excluding diaryl/α,β-unsaturated/α-hetero) is 7. The Labute approximate surface area is 875 Å². The van der Waals surface area contributed by atoms with Crippen LogP contribution in [0.5, 0.6) is 34.5 Å². The molecule has 0 aliphatic heterocycles. The topological polar surface area (TPSA) is 357 Å². The second-order valence-electron chi connectivity index (χ2n) is 37.2. The number of halogens is 2. The minimum atomic E-state index is -3.42. The molecule has 1 heterocycles. The SMILES string of the molecule is C.C.CC(C)C(=O)/C(=C/C1CCCC1)c1ccc(S(C)(=O)=O)s1.CC(C)C(=O)[C@@]1(c2ccc(S(C)(=O)=O)cc2)[C@H](C2CCCCC2)C1(F)F.CC(C)C(=O)[C@]1(c2ccc(S(C)(=O)=O)cc2)C[C@H]1C1CCCCC1.CC(C)C(=O)c1cc(Oc2ccc(S(C)(=O)=O)cc2)cc(O[C@@H](C)CO)c1.COC[C@H](C)Oc1cc(Oc2ccc(S(C)(=O)=O)cc2)cc(C(=O)C(C)C)c1.[CH2-]C(C)=O.[CH2-]C(C)=O.[Y].[Y]. The van der Waals surface area contributed by atoms with E-state index in [2.05, 4.69) is 19.9 Å². The third-order valence-corrected chi connectivity index (χ3v) is 31.0. The summed E-state index contributed by atoms with van der Waals surface area (Å²) in [5.74, 6) is -1.29. The van der Waals surface area contributed by atoms with Crippen LogP contribution < -0.4 is 18.9 Å². The van der Waals surface area contributed by atoms with Crippen LogP contribution in [0.25, 0.3) is 5.57 Å². The van der Waals surface area contributed by atoms with E-state index in [9.17, 15) is 80.8 Å². The second-order valence-corrected chi connectivity index (χ2v) is 48.6. The molecule has 2 radical (unpaired) electrons. The van der Waals surface area contributed by atoms with Gasteiger partial charge >= 0.3 is 0 Å². The van der Waals surface area contributed by atoms with Crippen LogP contribution in [-0.2, 0) is 154 Å². The van der Waals surface area contributed by atoms with E-state index in [1.807, 2.05) is 60.6 Å². The molecule has 0 bridgehead atoms. The quantitative estimate of drug-likeness (QED) is 0.0232. The van der Waals surface area contributed by atoms with E-state index in [0.29, 0.717) is 90.4 Å². The van der Waals surface area contributed by atoms with E-state index < -0.39 is 84.2 Å². The van der Waals surface area contributed by atoms with Gasteiger partial charge in [-0.05, 0) is 215 Å². The molecule has 0 amide bonds. The average molecular weight is 2180 g/mol. The van der Waals surface area contributed by atoms with Gasteiger partial charge in [0.25, 0.3) is 5.92 Å². The number of methoxy groups -OCH3 is 1. The van der Waals surface area contributed by atoms with Crippen LogP contribution in [0, 0.1) is 73.0 Å². The molecule has 6 atom stereocenters. The Hall–Kier alpha value is -6.87. The van der Waals surface area contributed by atoms with Crippen molar-refractivity contribution in [2.45, 2.75) is 261 Å². The van der Waals surface area contributed by atoms with E-state index >= 15 is 8.78 Å². The summed E-state index contributed by atoms with van der Waals surface area (Å²) in [7, 11) is -14.8. The molecule has 0 spiro atoms. The molecule has 23 nitrogen and oxygen atoms in total. The van der Waals surface area contributed by atoms with E-state index in [-0.39, 0.29) is 177 Å². The predicted molar refractivity (Wildman–Crippen MR) is 534 cm³/mol. The summed E-state index contributed by atoms with van der Waals surface area (Å²) in [4.78, 5) is 83.6. The zero-order chi connectivity index (χ0) is 101. The average Bonchev–Trinajstić information content (AvgIpc) is 1.48. The molecule has 5 aliphatic rings. The van der Waals surface area contributed by atoms with E-state index in [1.165, 1.54) is 131 Å². The Balaban J connectivity index is 0.000000568. The number of ketones is 7. The van der Waals surface area contributed by atoms with Crippen molar-refractivity contribution in [2.24, 2.45) is 59.2 Å². The Morgan fingerprint density at radius 1 is 0.442 bits per heavy atom. The second kappa shape index (κ2) is 55.8. The summed E-state index contributed by atoms with van der Waals surface area (Å²) < 4.78 is 175. The number of carbonyl (C=O) groups is 7. The summed E-state index contributed by atoms with van der Waals surface area (Å²) in [6.07, 6.45) is 23.6. The molecule has 12 rings (SSSR count). The number of benzene rings is 6. The van der Waals surface area contributed by atoms with Crippen LogP contribution in [0.1, 0.15) is 245 Å². The van der Waals surface area contributed by atoms with Gasteiger partial charge in [0, 0.05) is 173 Å². The molecule has 1 aromatic heterocycles. The largest absolute Gasteiger partial charge is 0.488 e. The van der Waals surface area contributed by atoms with Crippen molar-refractivity contribution < 1.29 is 179 Å². The first-order chi connectivity index (χ1) is 62.2. The van der Waals surface area contributed by atoms with Crippen LogP contribution in [0.2, 0.25) is 0 Å². The van der Waals surface area contributed by atoms with Crippen molar-refractivity contribution in [3.05, 3.63) is 193 Å². The number of carbonyl (C=O) groups excluding carboxylic acids is 7. The fraction of sp³-hybridized carbons (Fsp3) is 0.514. The number of allylic oxidation sites excluding steroid dienone is 2. The maximum absolute atomic E-state index is 15.2. The Bertz CT molecular complexity index is 5800. The molecule has 0 saturated heterocycles. The van der Waals surface area contributed by atoms with Crippen LogP contribution in [0.15, 0.2) is 175 Å². The normalized spacial score (nSPS) is 18.4. The summed E-state index contributed by atoms with van der Waals surface area (Å²) >= 11 is 1.20. The molecule has 5 saturated carbocycles. The van der Waals surface area contributed by atoms with Gasteiger partial charge in [-0.25, -0.2) is 50.9 Å². The van der Waals surface area contributed by atoms with Gasteiger partial charge in [0.15, 0.2) is 72.3 Å². The molecular weight excluding hydrogens is 2040 g/mol. The van der Waals surface area contributed by atoms with Gasteiger partial charge in [-0.15, -0.1) is 11.3 Å². The molecule has 33 heteroatoms. The molecule has 138 heavy (non-hydrogen) atoms. The van der Waals surface area contributed by atoms with Crippen molar-refractivity contribution in [1.29, 1.82) is 0 Å². The first-order valence-electron chi connectivity index (χ1n) is 45.3. The monoisotopic (exact) mass is 2180 g/mol. The number of sulfone groups is 5. The maximum atomic E-state index is 15.2. The van der Waals surface area contributed by atoms with Crippen molar-refractivity contribution in [2.75, 3.05) is 51.6 Å². The zero-order valence-corrected chi connectivity index (χ0v) is 92.7. The van der Waals surface area contributed by atoms with Gasteiger partial charge < -0.3 is 52.2 Å². The number of rotatable bonds is 32. The number of hydrogen-bond donors (Lipinski definition) is 1. The molecule has 6 aromatic carbocycles. The van der Waals surface area contributed by atoms with Crippen LogP contribution in [-0.4, -0.2) is 157 Å². The minimum Gasteiger partial charge on any atom is -0.488 e. The predicted octanol–water partition coefficient (Wildman–Crippen LogP) is 22.2. The number of aliphatic hydroxyl groups excluding tert-OH is 1. The zero-order valence-electron chi connectivity index (χ0n) is 82.1.